The monoisotopic (exact) mass is 364 g/mol. The highest BCUT2D eigenvalue weighted by atomic mass is 19.1. The van der Waals surface area contributed by atoms with Crippen LogP contribution in [0.4, 0.5) is 15.9 Å². The van der Waals surface area contributed by atoms with Crippen LogP contribution in [0.5, 0.6) is 0 Å². The number of carbonyl (C=O) groups excluding carboxylic acids is 1. The molecule has 0 radical (unpaired) electrons. The zero-order chi connectivity index (χ0) is 19.2. The highest BCUT2D eigenvalue weighted by Gasteiger charge is 2.11. The average molecular weight is 364 g/mol. The van der Waals surface area contributed by atoms with Crippen LogP contribution in [0.1, 0.15) is 27.4 Å². The fourth-order valence-electron chi connectivity index (χ4n) is 2.72. The Hall–Kier alpha value is -3.28. The van der Waals surface area contributed by atoms with Crippen LogP contribution >= 0.6 is 0 Å². The van der Waals surface area contributed by atoms with Crippen LogP contribution in [0.25, 0.3) is 0 Å². The zero-order valence-corrected chi connectivity index (χ0v) is 15.3. The van der Waals surface area contributed by atoms with E-state index in [4.69, 9.17) is 0 Å². The van der Waals surface area contributed by atoms with Gasteiger partial charge in [0.25, 0.3) is 5.91 Å². The van der Waals surface area contributed by atoms with Crippen molar-refractivity contribution in [3.8, 4) is 0 Å². The topological polar surface area (TPSA) is 66.9 Å². The van der Waals surface area contributed by atoms with E-state index in [-0.39, 0.29) is 17.4 Å². The number of hydrogen-bond donors (Lipinski definition) is 2. The first-order chi connectivity index (χ1) is 13.0. The minimum Gasteiger partial charge on any atom is -0.350 e. The summed E-state index contributed by atoms with van der Waals surface area (Å²) in [6.45, 7) is 4.06. The van der Waals surface area contributed by atoms with Crippen molar-refractivity contribution in [1.82, 2.24) is 15.3 Å². The summed E-state index contributed by atoms with van der Waals surface area (Å²) >= 11 is 0. The van der Waals surface area contributed by atoms with Gasteiger partial charge in [0, 0.05) is 18.3 Å². The van der Waals surface area contributed by atoms with Gasteiger partial charge in [0.1, 0.15) is 23.2 Å². The molecule has 0 fully saturated rings. The number of benzene rings is 2. The Kier molecular flexibility index (Phi) is 5.76. The normalized spacial score (nSPS) is 10.5. The maximum absolute atomic E-state index is 13.6. The van der Waals surface area contributed by atoms with Crippen LogP contribution in [0.3, 0.4) is 0 Å². The zero-order valence-electron chi connectivity index (χ0n) is 15.3. The third-order valence-electron chi connectivity index (χ3n) is 4.00. The Bertz CT molecular complexity index is 958. The average Bonchev–Trinajstić information content (AvgIpc) is 2.63. The number of aromatic nitrogens is 2. The van der Waals surface area contributed by atoms with E-state index >= 15 is 0 Å². The van der Waals surface area contributed by atoms with Gasteiger partial charge in [0.15, 0.2) is 0 Å². The fourth-order valence-corrected chi connectivity index (χ4v) is 2.72. The van der Waals surface area contributed by atoms with Gasteiger partial charge in [-0.05, 0) is 49.6 Å². The molecule has 27 heavy (non-hydrogen) atoms. The van der Waals surface area contributed by atoms with Crippen molar-refractivity contribution >= 4 is 17.4 Å². The van der Waals surface area contributed by atoms with Crippen molar-refractivity contribution in [3.05, 3.63) is 83.1 Å². The second-order valence-corrected chi connectivity index (χ2v) is 6.28. The highest BCUT2D eigenvalue weighted by molar-refractivity contribution is 5.93. The van der Waals surface area contributed by atoms with Crippen molar-refractivity contribution in [3.63, 3.8) is 0 Å². The molecule has 0 saturated heterocycles. The number of aryl methyl sites for hydroxylation is 2. The molecule has 0 aliphatic rings. The molecule has 0 saturated carbocycles. The number of anilines is 2. The first-order valence-electron chi connectivity index (χ1n) is 8.72. The number of nitrogens with zero attached hydrogens (tertiary/aromatic N) is 2. The maximum atomic E-state index is 13.6. The number of halogens is 1. The van der Waals surface area contributed by atoms with E-state index in [1.165, 1.54) is 6.07 Å². The second-order valence-electron chi connectivity index (χ2n) is 6.28. The summed E-state index contributed by atoms with van der Waals surface area (Å²) in [5.74, 6) is 0.456. The lowest BCUT2D eigenvalue weighted by Crippen LogP contribution is -2.27. The lowest BCUT2D eigenvalue weighted by molar-refractivity contribution is 0.0948. The standard InChI is InChI=1S/C21H21FN4O/c1-14-6-5-8-17(12-14)26-20-13-19(24-15(2)25-20)21(27)23-11-10-16-7-3-4-9-18(16)22/h3-9,12-13H,10-11H2,1-2H3,(H,23,27)(H,24,25,26). The van der Waals surface area contributed by atoms with Crippen molar-refractivity contribution in [1.29, 1.82) is 0 Å². The van der Waals surface area contributed by atoms with Crippen molar-refractivity contribution < 1.29 is 9.18 Å². The quantitative estimate of drug-likeness (QED) is 0.695. The van der Waals surface area contributed by atoms with Crippen LogP contribution in [-0.2, 0) is 6.42 Å². The number of hydrogen-bond acceptors (Lipinski definition) is 4. The third-order valence-corrected chi connectivity index (χ3v) is 4.00. The van der Waals surface area contributed by atoms with E-state index in [9.17, 15) is 9.18 Å². The largest absolute Gasteiger partial charge is 0.350 e. The molecule has 2 N–H and O–H groups in total. The summed E-state index contributed by atoms with van der Waals surface area (Å²) in [5.41, 5.74) is 2.85. The summed E-state index contributed by atoms with van der Waals surface area (Å²) in [6, 6.07) is 16.0. The summed E-state index contributed by atoms with van der Waals surface area (Å²) in [5, 5.41) is 5.97. The molecule has 1 amide bonds. The van der Waals surface area contributed by atoms with Gasteiger partial charge in [-0.3, -0.25) is 4.79 Å². The predicted molar refractivity (Wildman–Crippen MR) is 104 cm³/mol. The van der Waals surface area contributed by atoms with Crippen LogP contribution in [0.15, 0.2) is 54.6 Å². The van der Waals surface area contributed by atoms with Gasteiger partial charge in [-0.1, -0.05) is 30.3 Å². The smallest absolute Gasteiger partial charge is 0.270 e. The third kappa shape index (κ3) is 5.10. The van der Waals surface area contributed by atoms with E-state index in [1.54, 1.807) is 31.2 Å². The van der Waals surface area contributed by atoms with Crippen molar-refractivity contribution in [2.45, 2.75) is 20.3 Å². The maximum Gasteiger partial charge on any atom is 0.270 e. The van der Waals surface area contributed by atoms with E-state index in [0.29, 0.717) is 30.2 Å². The highest BCUT2D eigenvalue weighted by Crippen LogP contribution is 2.16. The fraction of sp³-hybridized carbons (Fsp3) is 0.190. The Labute approximate surface area is 157 Å². The Morgan fingerprint density at radius 3 is 2.63 bits per heavy atom. The summed E-state index contributed by atoms with van der Waals surface area (Å²) < 4.78 is 13.6. The molecule has 2 aromatic carbocycles. The van der Waals surface area contributed by atoms with Gasteiger partial charge >= 0.3 is 0 Å². The lowest BCUT2D eigenvalue weighted by Gasteiger charge is -2.10. The van der Waals surface area contributed by atoms with Crippen LogP contribution < -0.4 is 10.6 Å². The molecule has 0 spiro atoms. The minimum atomic E-state index is -0.316. The number of amides is 1. The second kappa shape index (κ2) is 8.40. The molecule has 0 atom stereocenters. The van der Waals surface area contributed by atoms with Crippen LogP contribution in [-0.4, -0.2) is 22.4 Å². The van der Waals surface area contributed by atoms with Crippen molar-refractivity contribution in [2.75, 3.05) is 11.9 Å². The predicted octanol–water partition coefficient (Wildman–Crippen LogP) is 3.95. The molecule has 3 aromatic rings. The SMILES string of the molecule is Cc1cccc(Nc2cc(C(=O)NCCc3ccccc3F)nc(C)n2)c1. The first-order valence-corrected chi connectivity index (χ1v) is 8.72. The first kappa shape index (κ1) is 18.5. The molecule has 6 heteroatoms. The van der Waals surface area contributed by atoms with Crippen LogP contribution in [0.2, 0.25) is 0 Å². The Morgan fingerprint density at radius 2 is 1.85 bits per heavy atom. The molecule has 1 heterocycles. The van der Waals surface area contributed by atoms with Crippen molar-refractivity contribution in [2.24, 2.45) is 0 Å². The van der Waals surface area contributed by atoms with E-state index in [1.807, 2.05) is 31.2 Å². The molecule has 0 unspecified atom stereocenters. The van der Waals surface area contributed by atoms with Crippen LogP contribution in [0, 0.1) is 19.7 Å². The van der Waals surface area contributed by atoms with Gasteiger partial charge in [-0.2, -0.15) is 0 Å². The summed E-state index contributed by atoms with van der Waals surface area (Å²) in [6.07, 6.45) is 0.414. The van der Waals surface area contributed by atoms with Gasteiger partial charge in [-0.25, -0.2) is 14.4 Å². The molecule has 0 aliphatic carbocycles. The molecule has 1 aromatic heterocycles. The molecule has 138 valence electrons. The Balaban J connectivity index is 1.66. The Morgan fingerprint density at radius 1 is 1.04 bits per heavy atom. The molecule has 0 aliphatic heterocycles. The molecule has 5 nitrogen and oxygen atoms in total. The summed E-state index contributed by atoms with van der Waals surface area (Å²) in [7, 11) is 0. The lowest BCUT2D eigenvalue weighted by atomic mass is 10.1. The van der Waals surface area contributed by atoms with E-state index < -0.39 is 0 Å². The number of nitrogens with one attached hydrogen (secondary N) is 2. The number of rotatable bonds is 6. The molecular formula is C21H21FN4O. The van der Waals surface area contributed by atoms with Gasteiger partial charge in [0.05, 0.1) is 0 Å². The molecule has 0 bridgehead atoms. The van der Waals surface area contributed by atoms with Gasteiger partial charge < -0.3 is 10.6 Å². The molecule has 3 rings (SSSR count). The summed E-state index contributed by atoms with van der Waals surface area (Å²) in [4.78, 5) is 20.9. The molecular weight excluding hydrogens is 343 g/mol. The van der Waals surface area contributed by atoms with Gasteiger partial charge in [0.2, 0.25) is 0 Å². The number of carbonyl (C=O) groups is 1. The van der Waals surface area contributed by atoms with Gasteiger partial charge in [-0.15, -0.1) is 0 Å². The van der Waals surface area contributed by atoms with E-state index in [0.717, 1.165) is 11.3 Å². The minimum absolute atomic E-state index is 0.269. The van der Waals surface area contributed by atoms with E-state index in [2.05, 4.69) is 20.6 Å².